The molecule has 2 nitrogen and oxygen atoms in total. The van der Waals surface area contributed by atoms with E-state index in [9.17, 15) is 4.79 Å². The van der Waals surface area contributed by atoms with Crippen LogP contribution in [0.4, 0.5) is 0 Å². The number of carbonyl (C=O) groups is 1. The minimum atomic E-state index is 0.731. The van der Waals surface area contributed by atoms with Crippen LogP contribution in [0.15, 0.2) is 28.4 Å². The molecule has 1 heterocycles. The molecular formula is C9H10O2. The lowest BCUT2D eigenvalue weighted by molar-refractivity contribution is -0.104. The van der Waals surface area contributed by atoms with Crippen molar-refractivity contribution >= 4 is 12.4 Å². The largest absolute Gasteiger partial charge is 0.465 e. The van der Waals surface area contributed by atoms with Gasteiger partial charge in [0.05, 0.1) is 6.26 Å². The zero-order valence-corrected chi connectivity index (χ0v) is 6.41. The molecule has 0 spiro atoms. The van der Waals surface area contributed by atoms with Crippen LogP contribution in [0.2, 0.25) is 0 Å². The summed E-state index contributed by atoms with van der Waals surface area (Å²) in [5, 5.41) is 0. The van der Waals surface area contributed by atoms with Crippen molar-refractivity contribution < 1.29 is 9.21 Å². The smallest absolute Gasteiger partial charge is 0.146 e. The minimum absolute atomic E-state index is 0.731. The van der Waals surface area contributed by atoms with E-state index in [4.69, 9.17) is 4.42 Å². The summed E-state index contributed by atoms with van der Waals surface area (Å²) in [5.74, 6) is 0.731. The van der Waals surface area contributed by atoms with Crippen molar-refractivity contribution in [3.8, 4) is 0 Å². The van der Waals surface area contributed by atoms with E-state index >= 15 is 0 Å². The molecule has 0 atom stereocenters. The summed E-state index contributed by atoms with van der Waals surface area (Å²) in [6.45, 7) is 1.93. The molecule has 0 unspecified atom stereocenters. The Hall–Kier alpha value is -1.31. The van der Waals surface area contributed by atoms with Crippen LogP contribution in [-0.2, 0) is 4.79 Å². The van der Waals surface area contributed by atoms with Crippen LogP contribution in [-0.4, -0.2) is 6.29 Å². The lowest BCUT2D eigenvalue weighted by Crippen LogP contribution is -1.79. The van der Waals surface area contributed by atoms with Crippen molar-refractivity contribution in [1.29, 1.82) is 0 Å². The molecule has 0 aliphatic carbocycles. The molecule has 0 aromatic carbocycles. The molecule has 0 aliphatic rings. The topological polar surface area (TPSA) is 30.2 Å². The van der Waals surface area contributed by atoms with E-state index in [1.54, 1.807) is 18.4 Å². The molecule has 11 heavy (non-hydrogen) atoms. The van der Waals surface area contributed by atoms with E-state index in [0.29, 0.717) is 0 Å². The average molecular weight is 150 g/mol. The Morgan fingerprint density at radius 1 is 1.73 bits per heavy atom. The Kier molecular flexibility index (Phi) is 2.66. The first-order valence-corrected chi connectivity index (χ1v) is 3.56. The van der Waals surface area contributed by atoms with Gasteiger partial charge in [0.25, 0.3) is 0 Å². The zero-order chi connectivity index (χ0) is 8.10. The van der Waals surface area contributed by atoms with Crippen LogP contribution < -0.4 is 0 Å². The normalized spacial score (nSPS) is 11.5. The van der Waals surface area contributed by atoms with Gasteiger partial charge in [0.1, 0.15) is 12.0 Å². The first-order chi connectivity index (χ1) is 5.36. The van der Waals surface area contributed by atoms with Gasteiger partial charge >= 0.3 is 0 Å². The number of carbonyl (C=O) groups excluding carboxylic acids is 1. The van der Waals surface area contributed by atoms with E-state index < -0.39 is 0 Å². The number of rotatable bonds is 3. The summed E-state index contributed by atoms with van der Waals surface area (Å²) in [7, 11) is 0. The van der Waals surface area contributed by atoms with E-state index in [1.165, 1.54) is 0 Å². The molecule has 0 amide bonds. The first-order valence-electron chi connectivity index (χ1n) is 3.56. The molecule has 1 rings (SSSR count). The van der Waals surface area contributed by atoms with Gasteiger partial charge in [-0.2, -0.15) is 0 Å². The van der Waals surface area contributed by atoms with E-state index in [2.05, 4.69) is 0 Å². The second-order valence-electron chi connectivity index (χ2n) is 2.21. The molecule has 0 saturated carbocycles. The molecule has 0 saturated heterocycles. The molecule has 0 bridgehead atoms. The van der Waals surface area contributed by atoms with Crippen LogP contribution in [0.25, 0.3) is 6.08 Å². The Labute approximate surface area is 65.5 Å². The van der Waals surface area contributed by atoms with Gasteiger partial charge < -0.3 is 4.42 Å². The van der Waals surface area contributed by atoms with Crippen LogP contribution in [0.5, 0.6) is 0 Å². The second-order valence-corrected chi connectivity index (χ2v) is 2.21. The molecule has 2 heteroatoms. The fourth-order valence-corrected chi connectivity index (χ4v) is 0.776. The van der Waals surface area contributed by atoms with Crippen LogP contribution in [0.1, 0.15) is 19.1 Å². The van der Waals surface area contributed by atoms with Crippen molar-refractivity contribution in [3.05, 3.63) is 29.7 Å². The second kappa shape index (κ2) is 3.76. The van der Waals surface area contributed by atoms with Crippen molar-refractivity contribution in [2.75, 3.05) is 0 Å². The number of furan rings is 1. The summed E-state index contributed by atoms with van der Waals surface area (Å²) in [6.07, 6.45) is 4.92. The fourth-order valence-electron chi connectivity index (χ4n) is 0.776. The maximum absolute atomic E-state index is 10.4. The van der Waals surface area contributed by atoms with Gasteiger partial charge in [0.15, 0.2) is 0 Å². The van der Waals surface area contributed by atoms with Crippen LogP contribution >= 0.6 is 0 Å². The maximum Gasteiger partial charge on any atom is 0.146 e. The number of aldehydes is 1. The summed E-state index contributed by atoms with van der Waals surface area (Å²) >= 11 is 0. The fraction of sp³-hybridized carbons (Fsp3) is 0.222. The van der Waals surface area contributed by atoms with Gasteiger partial charge in [-0.1, -0.05) is 6.92 Å². The van der Waals surface area contributed by atoms with Gasteiger partial charge in [0, 0.05) is 0 Å². The maximum atomic E-state index is 10.4. The number of hydrogen-bond acceptors (Lipinski definition) is 2. The predicted molar refractivity (Wildman–Crippen MR) is 43.0 cm³/mol. The first kappa shape index (κ1) is 7.79. The highest BCUT2D eigenvalue weighted by molar-refractivity contribution is 5.80. The summed E-state index contributed by atoms with van der Waals surface area (Å²) < 4.78 is 5.03. The average Bonchev–Trinajstić information content (AvgIpc) is 2.52. The highest BCUT2D eigenvalue weighted by Gasteiger charge is 1.93. The van der Waals surface area contributed by atoms with Crippen molar-refractivity contribution in [2.24, 2.45) is 0 Å². The third-order valence-corrected chi connectivity index (χ3v) is 1.43. The Morgan fingerprint density at radius 2 is 2.55 bits per heavy atom. The van der Waals surface area contributed by atoms with Crippen LogP contribution in [0.3, 0.4) is 0 Å². The minimum Gasteiger partial charge on any atom is -0.465 e. The Bertz CT molecular complexity index is 245. The van der Waals surface area contributed by atoms with Crippen molar-refractivity contribution in [3.63, 3.8) is 0 Å². The van der Waals surface area contributed by atoms with Crippen LogP contribution in [0, 0.1) is 0 Å². The quantitative estimate of drug-likeness (QED) is 0.488. The van der Waals surface area contributed by atoms with Crippen molar-refractivity contribution in [2.45, 2.75) is 13.3 Å². The number of allylic oxidation sites excluding steroid dienone is 1. The SMILES string of the molecule is CCC(C=O)=Cc1ccco1. The zero-order valence-electron chi connectivity index (χ0n) is 6.41. The third kappa shape index (κ3) is 2.08. The molecular weight excluding hydrogens is 140 g/mol. The van der Waals surface area contributed by atoms with E-state index in [1.807, 2.05) is 13.0 Å². The van der Waals surface area contributed by atoms with E-state index in [0.717, 1.165) is 24.0 Å². The lowest BCUT2D eigenvalue weighted by Gasteiger charge is -1.89. The summed E-state index contributed by atoms with van der Waals surface area (Å²) in [4.78, 5) is 10.4. The van der Waals surface area contributed by atoms with E-state index in [-0.39, 0.29) is 0 Å². The van der Waals surface area contributed by atoms with Gasteiger partial charge in [-0.25, -0.2) is 0 Å². The standard InChI is InChI=1S/C9H10O2/c1-2-8(7-10)6-9-4-3-5-11-9/h3-7H,2H2,1H3. The Morgan fingerprint density at radius 3 is 3.00 bits per heavy atom. The van der Waals surface area contributed by atoms with Gasteiger partial charge in [-0.3, -0.25) is 4.79 Å². The molecule has 0 N–H and O–H groups in total. The molecule has 0 aliphatic heterocycles. The molecule has 58 valence electrons. The highest BCUT2D eigenvalue weighted by atomic mass is 16.3. The van der Waals surface area contributed by atoms with Crippen molar-refractivity contribution in [1.82, 2.24) is 0 Å². The molecule has 0 radical (unpaired) electrons. The van der Waals surface area contributed by atoms with Gasteiger partial charge in [-0.15, -0.1) is 0 Å². The highest BCUT2D eigenvalue weighted by Crippen LogP contribution is 2.07. The monoisotopic (exact) mass is 150 g/mol. The summed E-state index contributed by atoms with van der Waals surface area (Å²) in [6, 6.07) is 3.61. The number of hydrogen-bond donors (Lipinski definition) is 0. The lowest BCUT2D eigenvalue weighted by atomic mass is 10.2. The van der Waals surface area contributed by atoms with Gasteiger partial charge in [0.2, 0.25) is 0 Å². The molecule has 0 fully saturated rings. The molecule has 1 aromatic heterocycles. The van der Waals surface area contributed by atoms with Gasteiger partial charge in [-0.05, 0) is 30.2 Å². The molecule has 1 aromatic rings. The Balaban J connectivity index is 2.79. The predicted octanol–water partition coefficient (Wildman–Crippen LogP) is 2.27. The summed E-state index contributed by atoms with van der Waals surface area (Å²) in [5.41, 5.74) is 0.750. The third-order valence-electron chi connectivity index (χ3n) is 1.43.